The van der Waals surface area contributed by atoms with E-state index in [0.29, 0.717) is 12.8 Å². The highest BCUT2D eigenvalue weighted by atomic mass is 32.2. The minimum atomic E-state index is -3.53. The van der Waals surface area contributed by atoms with Gasteiger partial charge in [-0.05, 0) is 32.1 Å². The Bertz CT molecular complexity index is 472. The lowest BCUT2D eigenvalue weighted by molar-refractivity contribution is -0.142. The average molecular weight is 288 g/mol. The predicted octanol–water partition coefficient (Wildman–Crippen LogP) is 0.701. The van der Waals surface area contributed by atoms with Gasteiger partial charge in [0, 0.05) is 18.1 Å². The number of nitrogens with zero attached hydrogens (tertiary/aromatic N) is 1. The number of fused-ring (bicyclic) bond motifs is 2. The summed E-state index contributed by atoms with van der Waals surface area (Å²) in [5.74, 6) is -1.40. The van der Waals surface area contributed by atoms with Crippen LogP contribution in [0, 0.1) is 5.92 Å². The molecule has 19 heavy (non-hydrogen) atoms. The maximum absolute atomic E-state index is 12.4. The van der Waals surface area contributed by atoms with Crippen LogP contribution in [0.15, 0.2) is 0 Å². The van der Waals surface area contributed by atoms with Crippen LogP contribution in [0.4, 0.5) is 0 Å². The summed E-state index contributed by atoms with van der Waals surface area (Å²) in [6.45, 7) is 0. The van der Waals surface area contributed by atoms with Gasteiger partial charge in [-0.1, -0.05) is 12.8 Å². The topological polar surface area (TPSA) is 86.7 Å². The van der Waals surface area contributed by atoms with Crippen molar-refractivity contribution >= 4 is 16.2 Å². The molecule has 2 saturated heterocycles. The summed E-state index contributed by atoms with van der Waals surface area (Å²) in [5.41, 5.74) is 0. The second kappa shape index (κ2) is 4.71. The van der Waals surface area contributed by atoms with Gasteiger partial charge >= 0.3 is 5.97 Å². The molecule has 0 aromatic carbocycles. The van der Waals surface area contributed by atoms with Gasteiger partial charge in [0.05, 0.1) is 5.92 Å². The molecule has 0 radical (unpaired) electrons. The number of carboxylic acid groups (broad SMARTS) is 1. The minimum absolute atomic E-state index is 0.0354. The quantitative estimate of drug-likeness (QED) is 0.797. The molecule has 2 bridgehead atoms. The minimum Gasteiger partial charge on any atom is -0.481 e. The van der Waals surface area contributed by atoms with Crippen molar-refractivity contribution in [3.8, 4) is 0 Å². The molecule has 1 saturated carbocycles. The van der Waals surface area contributed by atoms with Crippen LogP contribution < -0.4 is 4.72 Å². The highest BCUT2D eigenvalue weighted by molar-refractivity contribution is 7.87. The van der Waals surface area contributed by atoms with E-state index < -0.39 is 22.1 Å². The van der Waals surface area contributed by atoms with Crippen LogP contribution in [0.3, 0.4) is 0 Å². The third-order valence-electron chi connectivity index (χ3n) is 4.74. The number of carboxylic acids is 1. The molecular weight excluding hydrogens is 268 g/mol. The molecule has 108 valence electrons. The van der Waals surface area contributed by atoms with Crippen LogP contribution in [0.25, 0.3) is 0 Å². The van der Waals surface area contributed by atoms with E-state index >= 15 is 0 Å². The van der Waals surface area contributed by atoms with Gasteiger partial charge in [-0.2, -0.15) is 17.4 Å². The highest BCUT2D eigenvalue weighted by Crippen LogP contribution is 2.43. The summed E-state index contributed by atoms with van der Waals surface area (Å²) >= 11 is 0. The summed E-state index contributed by atoms with van der Waals surface area (Å²) in [4.78, 5) is 11.2. The molecule has 0 aromatic rings. The van der Waals surface area contributed by atoms with Crippen LogP contribution in [0.1, 0.15) is 44.9 Å². The molecule has 2 N–H and O–H groups in total. The van der Waals surface area contributed by atoms with Gasteiger partial charge in [0.15, 0.2) is 0 Å². The van der Waals surface area contributed by atoms with Gasteiger partial charge < -0.3 is 5.11 Å². The number of rotatable bonds is 4. The molecule has 2 heterocycles. The number of aliphatic carboxylic acids is 1. The fourth-order valence-electron chi connectivity index (χ4n) is 3.89. The first-order valence-electron chi connectivity index (χ1n) is 7.02. The number of hydrogen-bond acceptors (Lipinski definition) is 3. The third kappa shape index (κ3) is 2.28. The van der Waals surface area contributed by atoms with E-state index in [0.717, 1.165) is 32.1 Å². The van der Waals surface area contributed by atoms with E-state index in [2.05, 4.69) is 4.72 Å². The molecule has 3 rings (SSSR count). The summed E-state index contributed by atoms with van der Waals surface area (Å²) in [6.07, 6.45) is 5.85. The standard InChI is InChI=1S/C12H20N2O4S/c15-12(16)10-7-9-5-6-11(10)14(9)19(17,18)13-8-3-1-2-4-8/h8-11,13H,1-7H2,(H,15,16). The van der Waals surface area contributed by atoms with Gasteiger partial charge in [-0.15, -0.1) is 0 Å². The lowest BCUT2D eigenvalue weighted by Crippen LogP contribution is -2.47. The Morgan fingerprint density at radius 2 is 1.84 bits per heavy atom. The van der Waals surface area contributed by atoms with E-state index in [4.69, 9.17) is 5.11 Å². The van der Waals surface area contributed by atoms with Crippen molar-refractivity contribution < 1.29 is 18.3 Å². The van der Waals surface area contributed by atoms with E-state index in [1.54, 1.807) is 0 Å². The lowest BCUT2D eigenvalue weighted by Gasteiger charge is -2.24. The average Bonchev–Trinajstić information content (AvgIpc) is 3.01. The van der Waals surface area contributed by atoms with Crippen molar-refractivity contribution in [3.05, 3.63) is 0 Å². The van der Waals surface area contributed by atoms with Crippen molar-refractivity contribution in [1.29, 1.82) is 0 Å². The Hall–Kier alpha value is -0.660. The van der Waals surface area contributed by atoms with E-state index in [9.17, 15) is 13.2 Å². The highest BCUT2D eigenvalue weighted by Gasteiger charge is 2.54. The predicted molar refractivity (Wildman–Crippen MR) is 68.7 cm³/mol. The third-order valence-corrected chi connectivity index (χ3v) is 6.49. The Morgan fingerprint density at radius 1 is 1.16 bits per heavy atom. The van der Waals surface area contributed by atoms with E-state index in [-0.39, 0.29) is 18.1 Å². The molecule has 0 spiro atoms. The van der Waals surface area contributed by atoms with Crippen LogP contribution >= 0.6 is 0 Å². The molecule has 0 aromatic heterocycles. The number of carbonyl (C=O) groups is 1. The number of hydrogen-bond donors (Lipinski definition) is 2. The van der Waals surface area contributed by atoms with Crippen LogP contribution in [-0.2, 0) is 15.0 Å². The summed E-state index contributed by atoms with van der Waals surface area (Å²) in [6, 6.07) is -0.431. The Balaban J connectivity index is 1.76. The largest absolute Gasteiger partial charge is 0.481 e. The zero-order valence-electron chi connectivity index (χ0n) is 10.8. The fourth-order valence-corrected chi connectivity index (χ4v) is 5.87. The molecule has 0 amide bonds. The Morgan fingerprint density at radius 3 is 2.42 bits per heavy atom. The molecule has 3 fully saturated rings. The zero-order chi connectivity index (χ0) is 13.6. The van der Waals surface area contributed by atoms with Crippen molar-refractivity contribution in [2.75, 3.05) is 0 Å². The van der Waals surface area contributed by atoms with Gasteiger partial charge in [0.25, 0.3) is 10.2 Å². The first kappa shape index (κ1) is 13.3. The van der Waals surface area contributed by atoms with Crippen LogP contribution in [0.2, 0.25) is 0 Å². The van der Waals surface area contributed by atoms with Gasteiger partial charge in [-0.3, -0.25) is 4.79 Å². The second-order valence-electron chi connectivity index (χ2n) is 5.91. The maximum Gasteiger partial charge on any atom is 0.308 e. The molecule has 1 aliphatic carbocycles. The van der Waals surface area contributed by atoms with Crippen LogP contribution in [0.5, 0.6) is 0 Å². The van der Waals surface area contributed by atoms with Gasteiger partial charge in [0.2, 0.25) is 0 Å². The summed E-state index contributed by atoms with van der Waals surface area (Å²) < 4.78 is 29.1. The molecule has 6 nitrogen and oxygen atoms in total. The van der Waals surface area contributed by atoms with E-state index in [1.807, 2.05) is 0 Å². The Labute approximate surface area is 113 Å². The summed E-state index contributed by atoms with van der Waals surface area (Å²) in [7, 11) is -3.53. The van der Waals surface area contributed by atoms with Gasteiger partial charge in [0.1, 0.15) is 0 Å². The molecular formula is C12H20N2O4S. The van der Waals surface area contributed by atoms with Crippen molar-refractivity contribution in [2.24, 2.45) is 5.92 Å². The SMILES string of the molecule is O=C(O)C1CC2CCC1N2S(=O)(=O)NC1CCCC1. The zero-order valence-corrected chi connectivity index (χ0v) is 11.6. The van der Waals surface area contributed by atoms with E-state index in [1.165, 1.54) is 4.31 Å². The normalized spacial score (nSPS) is 36.1. The first-order chi connectivity index (χ1) is 8.99. The lowest BCUT2D eigenvalue weighted by atomic mass is 9.89. The fraction of sp³-hybridized carbons (Fsp3) is 0.917. The van der Waals surface area contributed by atoms with Crippen molar-refractivity contribution in [2.45, 2.75) is 63.1 Å². The van der Waals surface area contributed by atoms with Crippen molar-refractivity contribution in [1.82, 2.24) is 9.03 Å². The molecule has 3 unspecified atom stereocenters. The monoisotopic (exact) mass is 288 g/mol. The molecule has 2 aliphatic heterocycles. The second-order valence-corrected chi connectivity index (χ2v) is 7.52. The van der Waals surface area contributed by atoms with Crippen LogP contribution in [-0.4, -0.2) is 41.9 Å². The number of nitrogens with one attached hydrogen (secondary N) is 1. The molecule has 3 aliphatic rings. The molecule has 7 heteroatoms. The smallest absolute Gasteiger partial charge is 0.308 e. The molecule has 3 atom stereocenters. The maximum atomic E-state index is 12.4. The van der Waals surface area contributed by atoms with Crippen molar-refractivity contribution in [3.63, 3.8) is 0 Å². The summed E-state index contributed by atoms with van der Waals surface area (Å²) in [5, 5.41) is 9.16. The first-order valence-corrected chi connectivity index (χ1v) is 8.46. The van der Waals surface area contributed by atoms with Gasteiger partial charge in [-0.25, -0.2) is 0 Å². The Kier molecular flexibility index (Phi) is 3.31.